The fraction of sp³-hybridized carbons (Fsp3) is 0.600. The van der Waals surface area contributed by atoms with Gasteiger partial charge in [-0.1, -0.05) is 31.1 Å². The second kappa shape index (κ2) is 7.82. The Hall–Kier alpha value is -1.28. The van der Waals surface area contributed by atoms with Crippen molar-refractivity contribution in [3.63, 3.8) is 0 Å². The first-order valence-corrected chi connectivity index (χ1v) is 8.56. The second-order valence-corrected chi connectivity index (χ2v) is 7.01. The Kier molecular flexibility index (Phi) is 6.07. The van der Waals surface area contributed by atoms with Gasteiger partial charge in [0.25, 0.3) is 0 Å². The van der Waals surface area contributed by atoms with Crippen LogP contribution in [0, 0.1) is 5.41 Å². The molecule has 1 aliphatic heterocycles. The first-order valence-electron chi connectivity index (χ1n) is 8.56. The van der Waals surface area contributed by atoms with E-state index in [0.29, 0.717) is 5.41 Å². The maximum Gasteiger partial charge on any atom is 0.118 e. The Morgan fingerprint density at radius 1 is 1.23 bits per heavy atom. The molecule has 2 nitrogen and oxygen atoms in total. The average Bonchev–Trinajstić information content (AvgIpc) is 2.50. The van der Waals surface area contributed by atoms with Crippen molar-refractivity contribution in [3.8, 4) is 5.75 Å². The molecule has 0 saturated carbocycles. The molecule has 1 aromatic carbocycles. The number of rotatable bonds is 7. The molecule has 0 aliphatic carbocycles. The van der Waals surface area contributed by atoms with Gasteiger partial charge in [-0.05, 0) is 68.8 Å². The largest absolute Gasteiger partial charge is 0.497 e. The molecule has 2 heteroatoms. The molecule has 0 bridgehead atoms. The van der Waals surface area contributed by atoms with Crippen molar-refractivity contribution >= 4 is 0 Å². The molecule has 1 aliphatic rings. The third-order valence-electron chi connectivity index (χ3n) is 4.94. The highest BCUT2D eigenvalue weighted by Gasteiger charge is 2.33. The molecule has 0 amide bonds. The molecular formula is C20H31NO. The number of benzene rings is 1. The van der Waals surface area contributed by atoms with Gasteiger partial charge in [0.05, 0.1) is 7.11 Å². The highest BCUT2D eigenvalue weighted by molar-refractivity contribution is 5.27. The van der Waals surface area contributed by atoms with Crippen molar-refractivity contribution in [2.45, 2.75) is 52.5 Å². The second-order valence-electron chi connectivity index (χ2n) is 7.01. The van der Waals surface area contributed by atoms with Crippen LogP contribution < -0.4 is 4.74 Å². The molecular weight excluding hydrogens is 270 g/mol. The summed E-state index contributed by atoms with van der Waals surface area (Å²) in [6.45, 7) is 12.1. The molecule has 0 N–H and O–H groups in total. The number of hydrogen-bond donors (Lipinski definition) is 0. The lowest BCUT2D eigenvalue weighted by Gasteiger charge is -2.42. The summed E-state index contributed by atoms with van der Waals surface area (Å²) in [6, 6.07) is 8.48. The molecule has 1 fully saturated rings. The number of methoxy groups -OCH3 is 1. The van der Waals surface area contributed by atoms with Crippen molar-refractivity contribution in [3.05, 3.63) is 42.0 Å². The van der Waals surface area contributed by atoms with E-state index in [4.69, 9.17) is 4.74 Å². The van der Waals surface area contributed by atoms with E-state index in [1.54, 1.807) is 7.11 Å². The quantitative estimate of drug-likeness (QED) is 0.654. The zero-order valence-corrected chi connectivity index (χ0v) is 14.5. The van der Waals surface area contributed by atoms with E-state index in [0.717, 1.165) is 12.3 Å². The Balaban J connectivity index is 1.90. The molecule has 0 spiro atoms. The fourth-order valence-electron chi connectivity index (χ4n) is 3.86. The monoisotopic (exact) mass is 301 g/mol. The van der Waals surface area contributed by atoms with Crippen LogP contribution in [0.3, 0.4) is 0 Å². The van der Waals surface area contributed by atoms with Crippen LogP contribution >= 0.6 is 0 Å². The van der Waals surface area contributed by atoms with Gasteiger partial charge in [0, 0.05) is 6.54 Å². The maximum atomic E-state index is 5.23. The summed E-state index contributed by atoms with van der Waals surface area (Å²) in [6.07, 6.45) is 6.45. The third kappa shape index (κ3) is 4.61. The van der Waals surface area contributed by atoms with E-state index in [1.165, 1.54) is 56.3 Å². The molecule has 1 aromatic rings. The molecule has 1 heterocycles. The fourth-order valence-corrected chi connectivity index (χ4v) is 3.86. The summed E-state index contributed by atoms with van der Waals surface area (Å²) >= 11 is 0. The first-order chi connectivity index (χ1) is 10.6. The average molecular weight is 301 g/mol. The lowest BCUT2D eigenvalue weighted by Crippen LogP contribution is -2.39. The third-order valence-corrected chi connectivity index (χ3v) is 4.94. The van der Waals surface area contributed by atoms with Crippen LogP contribution in [0.5, 0.6) is 5.75 Å². The van der Waals surface area contributed by atoms with Gasteiger partial charge >= 0.3 is 0 Å². The van der Waals surface area contributed by atoms with Crippen LogP contribution in [0.1, 0.15) is 51.5 Å². The number of nitrogens with zero attached hydrogens (tertiary/aromatic N) is 1. The summed E-state index contributed by atoms with van der Waals surface area (Å²) in [5.74, 6) is 0.936. The highest BCUT2D eigenvalue weighted by atomic mass is 16.5. The number of ether oxygens (including phenoxy) is 1. The zero-order chi connectivity index (χ0) is 16.0. The predicted molar refractivity (Wildman–Crippen MR) is 94.3 cm³/mol. The van der Waals surface area contributed by atoms with E-state index in [2.05, 4.69) is 49.6 Å². The van der Waals surface area contributed by atoms with Crippen molar-refractivity contribution in [2.75, 3.05) is 20.2 Å². The molecule has 0 atom stereocenters. The minimum absolute atomic E-state index is 0.511. The van der Waals surface area contributed by atoms with Crippen molar-refractivity contribution in [2.24, 2.45) is 5.41 Å². The molecule has 0 unspecified atom stereocenters. The van der Waals surface area contributed by atoms with Gasteiger partial charge in [-0.15, -0.1) is 6.58 Å². The number of piperidine rings is 1. The normalized spacial score (nSPS) is 18.1. The Morgan fingerprint density at radius 2 is 1.86 bits per heavy atom. The van der Waals surface area contributed by atoms with E-state index >= 15 is 0 Å². The Labute approximate surface area is 136 Å². The molecule has 1 saturated heterocycles. The number of allylic oxidation sites excluding steroid dienone is 1. The topological polar surface area (TPSA) is 12.5 Å². The lowest BCUT2D eigenvalue weighted by molar-refractivity contribution is 0.0894. The summed E-state index contributed by atoms with van der Waals surface area (Å²) < 4.78 is 5.23. The number of hydrogen-bond acceptors (Lipinski definition) is 2. The van der Waals surface area contributed by atoms with E-state index in [-0.39, 0.29) is 0 Å². The molecule has 0 radical (unpaired) electrons. The van der Waals surface area contributed by atoms with Gasteiger partial charge < -0.3 is 4.74 Å². The van der Waals surface area contributed by atoms with E-state index < -0.39 is 0 Å². The maximum absolute atomic E-state index is 5.23. The van der Waals surface area contributed by atoms with Gasteiger partial charge in [0.2, 0.25) is 0 Å². The van der Waals surface area contributed by atoms with Crippen LogP contribution in [-0.4, -0.2) is 25.1 Å². The van der Waals surface area contributed by atoms with Gasteiger partial charge in [0.15, 0.2) is 0 Å². The van der Waals surface area contributed by atoms with Gasteiger partial charge in [-0.25, -0.2) is 0 Å². The van der Waals surface area contributed by atoms with Crippen LogP contribution in [0.2, 0.25) is 0 Å². The highest BCUT2D eigenvalue weighted by Crippen LogP contribution is 2.41. The summed E-state index contributed by atoms with van der Waals surface area (Å²) in [5.41, 5.74) is 3.23. The summed E-state index contributed by atoms with van der Waals surface area (Å²) in [5, 5.41) is 0. The summed E-state index contributed by atoms with van der Waals surface area (Å²) in [4.78, 5) is 2.59. The minimum atomic E-state index is 0.511. The number of likely N-dealkylation sites (tertiary alicyclic amines) is 1. The molecule has 122 valence electrons. The predicted octanol–water partition coefficient (Wildman–Crippen LogP) is 5.04. The van der Waals surface area contributed by atoms with Crippen LogP contribution in [0.25, 0.3) is 0 Å². The van der Waals surface area contributed by atoms with Crippen molar-refractivity contribution in [1.82, 2.24) is 4.90 Å². The molecule has 2 rings (SSSR count). The first kappa shape index (κ1) is 17.1. The smallest absolute Gasteiger partial charge is 0.118 e. The standard InChI is InChI=1S/C20H31NO/c1-5-10-20(15-17(2)3)11-13-21(14-12-20)16-18-6-8-19(22-4)9-7-18/h6-9H,2,5,10-16H2,1,3-4H3. The van der Waals surface area contributed by atoms with Crippen LogP contribution in [0.15, 0.2) is 36.4 Å². The zero-order valence-electron chi connectivity index (χ0n) is 14.5. The molecule has 22 heavy (non-hydrogen) atoms. The van der Waals surface area contributed by atoms with E-state index in [1.807, 2.05) is 0 Å². The van der Waals surface area contributed by atoms with Crippen molar-refractivity contribution in [1.29, 1.82) is 0 Å². The molecule has 0 aromatic heterocycles. The lowest BCUT2D eigenvalue weighted by atomic mass is 9.71. The van der Waals surface area contributed by atoms with Gasteiger partial charge in [-0.3, -0.25) is 4.90 Å². The van der Waals surface area contributed by atoms with Crippen LogP contribution in [0.4, 0.5) is 0 Å². The minimum Gasteiger partial charge on any atom is -0.497 e. The van der Waals surface area contributed by atoms with Gasteiger partial charge in [0.1, 0.15) is 5.75 Å². The van der Waals surface area contributed by atoms with Gasteiger partial charge in [-0.2, -0.15) is 0 Å². The summed E-state index contributed by atoms with van der Waals surface area (Å²) in [7, 11) is 1.72. The SMILES string of the molecule is C=C(C)CC1(CCC)CCN(Cc2ccc(OC)cc2)CC1. The van der Waals surface area contributed by atoms with Crippen LogP contribution in [-0.2, 0) is 6.54 Å². The van der Waals surface area contributed by atoms with E-state index in [9.17, 15) is 0 Å². The Bertz CT molecular complexity index is 469. The van der Waals surface area contributed by atoms with Crippen molar-refractivity contribution < 1.29 is 4.74 Å². The Morgan fingerprint density at radius 3 is 2.36 bits per heavy atom.